The van der Waals surface area contributed by atoms with E-state index in [1.807, 2.05) is 0 Å². The van der Waals surface area contributed by atoms with Crippen molar-refractivity contribution >= 4 is 28.2 Å². The monoisotopic (exact) mass is 355 g/mol. The maximum absolute atomic E-state index is 5.58. The van der Waals surface area contributed by atoms with E-state index in [1.54, 1.807) is 23.1 Å². The average molecular weight is 355 g/mol. The van der Waals surface area contributed by atoms with Crippen LogP contribution in [0, 0.1) is 5.92 Å². The first-order chi connectivity index (χ1) is 11.2. The van der Waals surface area contributed by atoms with E-state index >= 15 is 0 Å². The first-order valence-electron chi connectivity index (χ1n) is 7.82. The van der Waals surface area contributed by atoms with E-state index in [4.69, 9.17) is 9.26 Å². The molecule has 1 aliphatic heterocycles. The van der Waals surface area contributed by atoms with E-state index < -0.39 is 0 Å². The molecule has 0 unspecified atom stereocenters. The van der Waals surface area contributed by atoms with Gasteiger partial charge in [-0.05, 0) is 18.8 Å². The summed E-state index contributed by atoms with van der Waals surface area (Å²) in [6.07, 6.45) is 3.37. The van der Waals surface area contributed by atoms with Gasteiger partial charge in [0.25, 0.3) is 0 Å². The molecule has 23 heavy (non-hydrogen) atoms. The quantitative estimate of drug-likeness (QED) is 0.723. The van der Waals surface area contributed by atoms with Crippen LogP contribution in [0.3, 0.4) is 0 Å². The Morgan fingerprint density at radius 3 is 3.09 bits per heavy atom. The van der Waals surface area contributed by atoms with Gasteiger partial charge in [-0.25, -0.2) is 0 Å². The zero-order chi connectivity index (χ0) is 16.1. The predicted octanol–water partition coefficient (Wildman–Crippen LogP) is 3.00. The largest absolute Gasteiger partial charge is 0.376 e. The Balaban J connectivity index is 1.44. The Morgan fingerprint density at radius 1 is 1.39 bits per heavy atom. The molecule has 1 fully saturated rings. The summed E-state index contributed by atoms with van der Waals surface area (Å²) in [5.41, 5.74) is 0. The van der Waals surface area contributed by atoms with Crippen LogP contribution in [-0.2, 0) is 16.9 Å². The fourth-order valence-corrected chi connectivity index (χ4v) is 3.86. The number of aromatic nitrogens is 4. The van der Waals surface area contributed by atoms with Crippen LogP contribution >= 0.6 is 23.1 Å². The number of ether oxygens (including phenoxy) is 1. The van der Waals surface area contributed by atoms with Crippen LogP contribution in [0.25, 0.3) is 0 Å². The molecular formula is C14H21N5O2S2. The third kappa shape index (κ3) is 5.15. The minimum atomic E-state index is 0.300. The topological polar surface area (TPSA) is 86.0 Å². The van der Waals surface area contributed by atoms with E-state index in [2.05, 4.69) is 39.5 Å². The summed E-state index contributed by atoms with van der Waals surface area (Å²) in [5.74, 6) is 2.56. The van der Waals surface area contributed by atoms with Crippen molar-refractivity contribution in [2.45, 2.75) is 49.3 Å². The highest BCUT2D eigenvalue weighted by atomic mass is 32.2. The normalized spacial score (nSPS) is 18.0. The second-order valence-electron chi connectivity index (χ2n) is 5.88. The van der Waals surface area contributed by atoms with Crippen LogP contribution in [0.2, 0.25) is 0 Å². The fraction of sp³-hybridized carbons (Fsp3) is 0.714. The second kappa shape index (κ2) is 8.07. The lowest BCUT2D eigenvalue weighted by Crippen LogP contribution is -2.18. The van der Waals surface area contributed by atoms with Gasteiger partial charge in [-0.1, -0.05) is 42.1 Å². The van der Waals surface area contributed by atoms with Crippen LogP contribution < -0.4 is 5.32 Å². The van der Waals surface area contributed by atoms with Crippen LogP contribution in [0.4, 0.5) is 5.13 Å². The molecule has 126 valence electrons. The minimum Gasteiger partial charge on any atom is -0.376 e. The Kier molecular flexibility index (Phi) is 5.85. The third-order valence-corrected chi connectivity index (χ3v) is 5.34. The summed E-state index contributed by atoms with van der Waals surface area (Å²) in [5, 5.41) is 16.4. The first kappa shape index (κ1) is 16.7. The predicted molar refractivity (Wildman–Crippen MR) is 89.8 cm³/mol. The highest BCUT2D eigenvalue weighted by Gasteiger charge is 2.16. The summed E-state index contributed by atoms with van der Waals surface area (Å²) in [6, 6.07) is 0. The van der Waals surface area contributed by atoms with Gasteiger partial charge >= 0.3 is 0 Å². The van der Waals surface area contributed by atoms with Crippen molar-refractivity contribution in [3.05, 3.63) is 11.7 Å². The Bertz CT molecular complexity index is 610. The Morgan fingerprint density at radius 2 is 2.30 bits per heavy atom. The molecule has 1 atom stereocenters. The molecule has 7 nitrogen and oxygen atoms in total. The van der Waals surface area contributed by atoms with Crippen molar-refractivity contribution < 1.29 is 9.26 Å². The number of hydrogen-bond donors (Lipinski definition) is 1. The zero-order valence-corrected chi connectivity index (χ0v) is 15.0. The molecule has 2 aromatic rings. The van der Waals surface area contributed by atoms with Crippen molar-refractivity contribution in [1.82, 2.24) is 20.3 Å². The molecule has 0 amide bonds. The SMILES string of the molecule is CC(C)Cc1nc(CSc2nnc(NC[C@@H]3CCCO3)s2)no1. The standard InChI is InChI=1S/C14H21N5O2S2/c1-9(2)6-12-16-11(19-21-12)8-22-14-18-17-13(23-14)15-7-10-4-3-5-20-10/h9-10H,3-8H2,1-2H3,(H,15,17)/t10-/m0/s1. The summed E-state index contributed by atoms with van der Waals surface area (Å²) in [6.45, 7) is 5.92. The molecule has 3 rings (SSSR count). The first-order valence-corrected chi connectivity index (χ1v) is 9.62. The summed E-state index contributed by atoms with van der Waals surface area (Å²) in [7, 11) is 0. The lowest BCUT2D eigenvalue weighted by molar-refractivity contribution is 0.120. The lowest BCUT2D eigenvalue weighted by atomic mass is 10.1. The van der Waals surface area contributed by atoms with Gasteiger partial charge in [-0.15, -0.1) is 10.2 Å². The number of anilines is 1. The molecule has 3 heterocycles. The van der Waals surface area contributed by atoms with E-state index in [-0.39, 0.29) is 0 Å². The van der Waals surface area contributed by atoms with Crippen LogP contribution in [0.1, 0.15) is 38.4 Å². The van der Waals surface area contributed by atoms with Crippen molar-refractivity contribution in [1.29, 1.82) is 0 Å². The van der Waals surface area contributed by atoms with Gasteiger partial charge in [0.1, 0.15) is 0 Å². The van der Waals surface area contributed by atoms with Gasteiger partial charge in [0.05, 0.1) is 11.9 Å². The average Bonchev–Trinajstić information content (AvgIpc) is 3.25. The summed E-state index contributed by atoms with van der Waals surface area (Å²) < 4.78 is 11.7. The smallest absolute Gasteiger partial charge is 0.226 e. The van der Waals surface area contributed by atoms with Crippen molar-refractivity contribution in [2.24, 2.45) is 5.92 Å². The number of rotatable bonds is 8. The molecule has 1 N–H and O–H groups in total. The summed E-state index contributed by atoms with van der Waals surface area (Å²) in [4.78, 5) is 4.39. The molecule has 2 aromatic heterocycles. The van der Waals surface area contributed by atoms with E-state index in [0.717, 1.165) is 41.9 Å². The maximum atomic E-state index is 5.58. The molecule has 1 aliphatic rings. The Hall–Kier alpha value is -1.19. The number of thioether (sulfide) groups is 1. The van der Waals surface area contributed by atoms with Gasteiger partial charge in [-0.2, -0.15) is 4.98 Å². The van der Waals surface area contributed by atoms with Crippen molar-refractivity contribution in [2.75, 3.05) is 18.5 Å². The molecule has 0 aromatic carbocycles. The molecule has 0 aliphatic carbocycles. The van der Waals surface area contributed by atoms with Crippen molar-refractivity contribution in [3.63, 3.8) is 0 Å². The molecular weight excluding hydrogens is 334 g/mol. The lowest BCUT2D eigenvalue weighted by Gasteiger charge is -2.08. The molecule has 1 saturated heterocycles. The van der Waals surface area contributed by atoms with Crippen molar-refractivity contribution in [3.8, 4) is 0 Å². The molecule has 0 spiro atoms. The highest BCUT2D eigenvalue weighted by molar-refractivity contribution is 8.00. The molecule has 0 radical (unpaired) electrons. The second-order valence-corrected chi connectivity index (χ2v) is 8.08. The summed E-state index contributed by atoms with van der Waals surface area (Å²) >= 11 is 3.11. The van der Waals surface area contributed by atoms with Crippen LogP contribution in [0.15, 0.2) is 8.86 Å². The number of nitrogens with zero attached hydrogens (tertiary/aromatic N) is 4. The number of hydrogen-bond acceptors (Lipinski definition) is 9. The maximum Gasteiger partial charge on any atom is 0.226 e. The van der Waals surface area contributed by atoms with Gasteiger partial charge in [0.15, 0.2) is 10.2 Å². The minimum absolute atomic E-state index is 0.300. The fourth-order valence-electron chi connectivity index (χ4n) is 2.25. The molecule has 0 bridgehead atoms. The number of nitrogens with one attached hydrogen (secondary N) is 1. The molecule has 0 saturated carbocycles. The van der Waals surface area contributed by atoms with Gasteiger partial charge in [0, 0.05) is 19.6 Å². The van der Waals surface area contributed by atoms with Crippen LogP contribution in [0.5, 0.6) is 0 Å². The Labute approximate surface area is 143 Å². The van der Waals surface area contributed by atoms with Gasteiger partial charge in [-0.3, -0.25) is 0 Å². The van der Waals surface area contributed by atoms with E-state index in [0.29, 0.717) is 29.5 Å². The van der Waals surface area contributed by atoms with E-state index in [9.17, 15) is 0 Å². The van der Waals surface area contributed by atoms with Gasteiger partial charge < -0.3 is 14.6 Å². The zero-order valence-electron chi connectivity index (χ0n) is 13.3. The third-order valence-electron chi connectivity index (χ3n) is 3.33. The van der Waals surface area contributed by atoms with Gasteiger partial charge in [0.2, 0.25) is 11.0 Å². The highest BCUT2D eigenvalue weighted by Crippen LogP contribution is 2.28. The molecule has 9 heteroatoms. The van der Waals surface area contributed by atoms with E-state index in [1.165, 1.54) is 0 Å². The van der Waals surface area contributed by atoms with Crippen LogP contribution in [-0.4, -0.2) is 39.6 Å².